The Hall–Kier alpha value is -1.26. The third kappa shape index (κ3) is 5.39. The highest BCUT2D eigenvalue weighted by atomic mass is 16.6. The van der Waals surface area contributed by atoms with Gasteiger partial charge in [0.25, 0.3) is 0 Å². The van der Waals surface area contributed by atoms with Crippen LogP contribution in [0.5, 0.6) is 0 Å². The third-order valence-corrected chi connectivity index (χ3v) is 3.13. The zero-order valence-corrected chi connectivity index (χ0v) is 13.4. The Labute approximate surface area is 121 Å². The van der Waals surface area contributed by atoms with Crippen LogP contribution < -0.4 is 5.32 Å². The first-order chi connectivity index (χ1) is 9.08. The Morgan fingerprint density at radius 2 is 2.05 bits per heavy atom. The number of hydrogen-bond donors (Lipinski definition) is 1. The lowest BCUT2D eigenvalue weighted by Crippen LogP contribution is -2.46. The van der Waals surface area contributed by atoms with Crippen molar-refractivity contribution in [3.8, 4) is 0 Å². The Morgan fingerprint density at radius 3 is 2.45 bits per heavy atom. The molecule has 0 saturated carbocycles. The highest BCUT2D eigenvalue weighted by molar-refractivity contribution is 5.74. The van der Waals surface area contributed by atoms with Gasteiger partial charge in [-0.15, -0.1) is 0 Å². The summed E-state index contributed by atoms with van der Waals surface area (Å²) in [4.78, 5) is 23.4. The molecular formula is C15H27NO4. The molecule has 0 aromatic carbocycles. The van der Waals surface area contributed by atoms with Crippen molar-refractivity contribution < 1.29 is 19.1 Å². The van der Waals surface area contributed by atoms with Gasteiger partial charge in [0.15, 0.2) is 0 Å². The molecule has 1 rings (SSSR count). The topological polar surface area (TPSA) is 64.6 Å². The molecule has 1 unspecified atom stereocenters. The summed E-state index contributed by atoms with van der Waals surface area (Å²) >= 11 is 0. The van der Waals surface area contributed by atoms with Gasteiger partial charge in [-0.2, -0.15) is 0 Å². The van der Waals surface area contributed by atoms with Gasteiger partial charge in [-0.05, 0) is 39.5 Å². The molecule has 1 N–H and O–H groups in total. The Balaban J connectivity index is 2.65. The molecule has 0 aromatic rings. The molecule has 1 aliphatic rings. The fraction of sp³-hybridized carbons (Fsp3) is 0.867. The fourth-order valence-corrected chi connectivity index (χ4v) is 2.27. The summed E-state index contributed by atoms with van der Waals surface area (Å²) in [5.74, 6) is 0.106. The summed E-state index contributed by atoms with van der Waals surface area (Å²) in [5, 5.41) is 2.85. The first kappa shape index (κ1) is 16.8. The van der Waals surface area contributed by atoms with Crippen LogP contribution in [0.15, 0.2) is 0 Å². The van der Waals surface area contributed by atoms with Gasteiger partial charge in [0, 0.05) is 0 Å². The molecule has 5 nitrogen and oxygen atoms in total. The van der Waals surface area contributed by atoms with E-state index in [2.05, 4.69) is 19.2 Å². The molecule has 0 spiro atoms. The predicted molar refractivity (Wildman–Crippen MR) is 76.3 cm³/mol. The summed E-state index contributed by atoms with van der Waals surface area (Å²) in [6.07, 6.45) is 0.682. The van der Waals surface area contributed by atoms with Crippen LogP contribution in [0, 0.1) is 11.8 Å². The van der Waals surface area contributed by atoms with Gasteiger partial charge in [-0.3, -0.25) is 4.79 Å². The Morgan fingerprint density at radius 1 is 1.45 bits per heavy atom. The molecule has 0 radical (unpaired) electrons. The van der Waals surface area contributed by atoms with E-state index in [9.17, 15) is 9.59 Å². The maximum Gasteiger partial charge on any atom is 0.408 e. The lowest BCUT2D eigenvalue weighted by Gasteiger charge is -2.27. The second-order valence-electron chi connectivity index (χ2n) is 6.99. The summed E-state index contributed by atoms with van der Waals surface area (Å²) in [6.45, 7) is 11.5. The molecule has 0 bridgehead atoms. The molecule has 0 aromatic heterocycles. The first-order valence-electron chi connectivity index (χ1n) is 7.28. The van der Waals surface area contributed by atoms with E-state index in [0.717, 1.165) is 6.42 Å². The molecule has 0 aliphatic carbocycles. The van der Waals surface area contributed by atoms with Crippen molar-refractivity contribution in [2.45, 2.75) is 72.1 Å². The molecule has 1 heterocycles. The van der Waals surface area contributed by atoms with E-state index in [-0.39, 0.29) is 24.0 Å². The van der Waals surface area contributed by atoms with E-state index in [1.54, 1.807) is 0 Å². The number of ether oxygens (including phenoxy) is 2. The second kappa shape index (κ2) is 6.46. The predicted octanol–water partition coefficient (Wildman–Crippen LogP) is 2.88. The zero-order valence-electron chi connectivity index (χ0n) is 13.4. The van der Waals surface area contributed by atoms with E-state index in [1.807, 2.05) is 27.7 Å². The maximum absolute atomic E-state index is 11.9. The average molecular weight is 285 g/mol. The molecular weight excluding hydrogens is 258 g/mol. The smallest absolute Gasteiger partial charge is 0.408 e. The van der Waals surface area contributed by atoms with Crippen LogP contribution in [0.25, 0.3) is 0 Å². The SMILES string of the molecule is CC(C)C[C@H](NC(=O)OC(C)(C)C)C1C[C@@H](C)C(=O)O1. The van der Waals surface area contributed by atoms with E-state index in [4.69, 9.17) is 9.47 Å². The van der Waals surface area contributed by atoms with Gasteiger partial charge in [-0.1, -0.05) is 20.8 Å². The Kier molecular flexibility index (Phi) is 5.42. The van der Waals surface area contributed by atoms with Gasteiger partial charge in [-0.25, -0.2) is 4.79 Å². The van der Waals surface area contributed by atoms with Crippen LogP contribution in [0.2, 0.25) is 0 Å². The number of nitrogens with one attached hydrogen (secondary N) is 1. The minimum Gasteiger partial charge on any atom is -0.460 e. The number of alkyl carbamates (subject to hydrolysis) is 1. The lowest BCUT2D eigenvalue weighted by molar-refractivity contribution is -0.145. The number of esters is 1. The summed E-state index contributed by atoms with van der Waals surface area (Å²) in [7, 11) is 0. The van der Waals surface area contributed by atoms with Crippen LogP contribution in [0.1, 0.15) is 54.4 Å². The van der Waals surface area contributed by atoms with Gasteiger partial charge in [0.05, 0.1) is 12.0 Å². The van der Waals surface area contributed by atoms with Crippen LogP contribution in [-0.2, 0) is 14.3 Å². The lowest BCUT2D eigenvalue weighted by atomic mass is 9.95. The van der Waals surface area contributed by atoms with Gasteiger partial charge in [0.2, 0.25) is 0 Å². The van der Waals surface area contributed by atoms with Gasteiger partial charge >= 0.3 is 12.1 Å². The number of carbonyl (C=O) groups excluding carboxylic acids is 2. The minimum absolute atomic E-state index is 0.102. The minimum atomic E-state index is -0.536. The van der Waals surface area contributed by atoms with Crippen molar-refractivity contribution in [2.24, 2.45) is 11.8 Å². The number of rotatable bonds is 4. The summed E-state index contributed by atoms with van der Waals surface area (Å²) in [5.41, 5.74) is -0.536. The monoisotopic (exact) mass is 285 g/mol. The molecule has 116 valence electrons. The van der Waals surface area contributed by atoms with Crippen LogP contribution in [-0.4, -0.2) is 29.8 Å². The van der Waals surface area contributed by atoms with Crippen molar-refractivity contribution >= 4 is 12.1 Å². The van der Waals surface area contributed by atoms with E-state index in [1.165, 1.54) is 0 Å². The van der Waals surface area contributed by atoms with Crippen LogP contribution >= 0.6 is 0 Å². The van der Waals surface area contributed by atoms with E-state index >= 15 is 0 Å². The van der Waals surface area contributed by atoms with Crippen molar-refractivity contribution in [2.75, 3.05) is 0 Å². The van der Waals surface area contributed by atoms with Crippen molar-refractivity contribution in [1.82, 2.24) is 5.32 Å². The number of carbonyl (C=O) groups is 2. The fourth-order valence-electron chi connectivity index (χ4n) is 2.27. The summed E-state index contributed by atoms with van der Waals surface area (Å²) in [6, 6.07) is -0.196. The number of cyclic esters (lactones) is 1. The van der Waals surface area contributed by atoms with Crippen molar-refractivity contribution in [3.63, 3.8) is 0 Å². The van der Waals surface area contributed by atoms with Gasteiger partial charge in [0.1, 0.15) is 11.7 Å². The molecule has 1 amide bonds. The molecule has 1 fully saturated rings. The van der Waals surface area contributed by atoms with E-state index in [0.29, 0.717) is 12.3 Å². The normalized spacial score (nSPS) is 24.4. The van der Waals surface area contributed by atoms with Gasteiger partial charge < -0.3 is 14.8 Å². The standard InChI is InChI=1S/C15H27NO4/c1-9(2)7-11(12-8-10(3)13(17)19-12)16-14(18)20-15(4,5)6/h9-12H,7-8H2,1-6H3,(H,16,18)/t10-,11+,12?/m1/s1. The molecule has 5 heteroatoms. The highest BCUT2D eigenvalue weighted by Gasteiger charge is 2.37. The third-order valence-electron chi connectivity index (χ3n) is 3.13. The average Bonchev–Trinajstić information content (AvgIpc) is 2.54. The van der Waals surface area contributed by atoms with Crippen molar-refractivity contribution in [3.05, 3.63) is 0 Å². The molecule has 3 atom stereocenters. The largest absolute Gasteiger partial charge is 0.460 e. The van der Waals surface area contributed by atoms with Crippen molar-refractivity contribution in [1.29, 1.82) is 0 Å². The first-order valence-corrected chi connectivity index (χ1v) is 7.28. The molecule has 1 aliphatic heterocycles. The number of hydrogen-bond acceptors (Lipinski definition) is 4. The maximum atomic E-state index is 11.9. The van der Waals surface area contributed by atoms with Crippen LogP contribution in [0.4, 0.5) is 4.79 Å². The number of amides is 1. The quantitative estimate of drug-likeness (QED) is 0.807. The van der Waals surface area contributed by atoms with Crippen LogP contribution in [0.3, 0.4) is 0 Å². The van der Waals surface area contributed by atoms with E-state index < -0.39 is 11.7 Å². The second-order valence-corrected chi connectivity index (χ2v) is 6.99. The molecule has 1 saturated heterocycles. The Bertz CT molecular complexity index is 359. The highest BCUT2D eigenvalue weighted by Crippen LogP contribution is 2.26. The molecule has 20 heavy (non-hydrogen) atoms. The summed E-state index contributed by atoms with van der Waals surface area (Å²) < 4.78 is 10.6. The zero-order chi connectivity index (χ0) is 15.5.